The average molecular weight is 225 g/mol. The van der Waals surface area contributed by atoms with E-state index in [4.69, 9.17) is 5.73 Å². The van der Waals surface area contributed by atoms with Crippen LogP contribution in [0.5, 0.6) is 0 Å². The minimum Gasteiger partial charge on any atom is -0.351 e. The maximum Gasteiger partial charge on any atom is 0.332 e. The molecule has 2 N–H and O–H groups in total. The number of anilines is 1. The highest BCUT2D eigenvalue weighted by Crippen LogP contribution is 2.22. The first-order valence-electron chi connectivity index (χ1n) is 4.74. The third kappa shape index (κ3) is 1.58. The van der Waals surface area contributed by atoms with Gasteiger partial charge >= 0.3 is 12.1 Å². The molecule has 0 bridgehead atoms. The van der Waals surface area contributed by atoms with Gasteiger partial charge in [0.2, 0.25) is 0 Å². The normalized spacial score (nSPS) is 15.7. The molecular weight excluding hydrogens is 213 g/mol. The fourth-order valence-corrected chi connectivity index (χ4v) is 1.64. The van der Waals surface area contributed by atoms with Crippen LogP contribution >= 0.6 is 0 Å². The monoisotopic (exact) mass is 225 g/mol. The summed E-state index contributed by atoms with van der Waals surface area (Å²) in [5.74, 6) is -0.498. The van der Waals surface area contributed by atoms with Gasteiger partial charge in [0.15, 0.2) is 0 Å². The van der Waals surface area contributed by atoms with E-state index in [-0.39, 0.29) is 20.2 Å². The van der Waals surface area contributed by atoms with Crippen molar-refractivity contribution in [1.29, 1.82) is 0 Å². The molecular formula is C10H12FN3O2. The van der Waals surface area contributed by atoms with Gasteiger partial charge in [-0.3, -0.25) is 4.90 Å². The van der Waals surface area contributed by atoms with Crippen LogP contribution in [0.4, 0.5) is 19.7 Å². The van der Waals surface area contributed by atoms with Gasteiger partial charge in [-0.05, 0) is 12.1 Å². The molecule has 1 aliphatic heterocycles. The van der Waals surface area contributed by atoms with Crippen LogP contribution in [0.15, 0.2) is 24.3 Å². The standard InChI is InChI=1S/C10H10FN3O2.H2/c11-7-3-1-2-4-8(7)13-5-6-14(9(12)15)10(13)16;/h1-4H,5-6H2,(H2,12,15);1H. The van der Waals surface area contributed by atoms with Gasteiger partial charge in [-0.2, -0.15) is 0 Å². The molecule has 0 aliphatic carbocycles. The fraction of sp³-hybridized carbons (Fsp3) is 0.200. The van der Waals surface area contributed by atoms with Crippen LogP contribution in [0, 0.1) is 5.82 Å². The molecule has 0 spiro atoms. The maximum absolute atomic E-state index is 13.4. The Morgan fingerprint density at radius 1 is 1.38 bits per heavy atom. The number of para-hydroxylation sites is 1. The molecule has 0 atom stereocenters. The number of rotatable bonds is 1. The predicted octanol–water partition coefficient (Wildman–Crippen LogP) is 1.39. The van der Waals surface area contributed by atoms with Crippen molar-refractivity contribution in [1.82, 2.24) is 4.90 Å². The van der Waals surface area contributed by atoms with Crippen LogP contribution in [0.2, 0.25) is 0 Å². The molecule has 1 aliphatic rings. The van der Waals surface area contributed by atoms with Crippen molar-refractivity contribution < 1.29 is 15.4 Å². The number of carbonyl (C=O) groups excluding carboxylic acids is 2. The minimum atomic E-state index is -0.816. The van der Waals surface area contributed by atoms with E-state index in [9.17, 15) is 14.0 Å². The summed E-state index contributed by atoms with van der Waals surface area (Å²) >= 11 is 0. The molecule has 1 aromatic carbocycles. The molecule has 86 valence electrons. The lowest BCUT2D eigenvalue weighted by molar-refractivity contribution is 0.206. The number of primary amides is 1. The van der Waals surface area contributed by atoms with E-state index in [0.717, 1.165) is 4.90 Å². The molecule has 2 rings (SSSR count). The third-order valence-corrected chi connectivity index (χ3v) is 2.42. The van der Waals surface area contributed by atoms with Crippen LogP contribution in [0.1, 0.15) is 1.43 Å². The second-order valence-electron chi connectivity index (χ2n) is 3.38. The number of nitrogens with zero attached hydrogens (tertiary/aromatic N) is 2. The largest absolute Gasteiger partial charge is 0.351 e. The second-order valence-corrected chi connectivity index (χ2v) is 3.38. The molecule has 1 fully saturated rings. The first-order chi connectivity index (χ1) is 7.61. The molecule has 0 aromatic heterocycles. The molecule has 6 heteroatoms. The topological polar surface area (TPSA) is 66.6 Å². The van der Waals surface area contributed by atoms with E-state index < -0.39 is 17.9 Å². The molecule has 16 heavy (non-hydrogen) atoms. The molecule has 1 heterocycles. The number of nitrogens with two attached hydrogens (primary N) is 1. The summed E-state index contributed by atoms with van der Waals surface area (Å²) in [6, 6.07) is 4.50. The number of urea groups is 2. The van der Waals surface area contributed by atoms with Crippen LogP contribution in [-0.2, 0) is 0 Å². The van der Waals surface area contributed by atoms with Crippen LogP contribution in [-0.4, -0.2) is 30.1 Å². The van der Waals surface area contributed by atoms with Crippen LogP contribution in [0.25, 0.3) is 0 Å². The van der Waals surface area contributed by atoms with Gasteiger partial charge in [0, 0.05) is 7.97 Å². The minimum absolute atomic E-state index is 0. The smallest absolute Gasteiger partial charge is 0.332 e. The van der Waals surface area contributed by atoms with Crippen LogP contribution < -0.4 is 10.6 Å². The zero-order chi connectivity index (χ0) is 11.7. The van der Waals surface area contributed by atoms with E-state index >= 15 is 0 Å². The predicted molar refractivity (Wildman–Crippen MR) is 57.5 cm³/mol. The zero-order valence-electron chi connectivity index (χ0n) is 8.39. The molecule has 1 aromatic rings. The van der Waals surface area contributed by atoms with Crippen molar-refractivity contribution in [3.8, 4) is 0 Å². The lowest BCUT2D eigenvalue weighted by Gasteiger charge is -2.16. The third-order valence-electron chi connectivity index (χ3n) is 2.42. The number of imide groups is 1. The molecule has 4 amide bonds. The Morgan fingerprint density at radius 3 is 2.62 bits per heavy atom. The van der Waals surface area contributed by atoms with Gasteiger partial charge in [0.1, 0.15) is 5.82 Å². The first-order valence-corrected chi connectivity index (χ1v) is 4.74. The van der Waals surface area contributed by atoms with Crippen molar-refractivity contribution in [3.05, 3.63) is 30.1 Å². The lowest BCUT2D eigenvalue weighted by atomic mass is 10.3. The average Bonchev–Trinajstić information content (AvgIpc) is 2.61. The number of benzene rings is 1. The highest BCUT2D eigenvalue weighted by Gasteiger charge is 2.33. The second kappa shape index (κ2) is 3.80. The number of hydrogen-bond acceptors (Lipinski definition) is 2. The fourth-order valence-electron chi connectivity index (χ4n) is 1.64. The first kappa shape index (κ1) is 10.4. The van der Waals surface area contributed by atoms with E-state index in [0.29, 0.717) is 0 Å². The van der Waals surface area contributed by atoms with Gasteiger partial charge in [0.25, 0.3) is 0 Å². The van der Waals surface area contributed by atoms with Crippen LogP contribution in [0.3, 0.4) is 0 Å². The summed E-state index contributed by atoms with van der Waals surface area (Å²) in [7, 11) is 0. The molecule has 1 saturated heterocycles. The summed E-state index contributed by atoms with van der Waals surface area (Å²) in [4.78, 5) is 24.6. The lowest BCUT2D eigenvalue weighted by Crippen LogP contribution is -2.39. The quantitative estimate of drug-likeness (QED) is 0.784. The summed E-state index contributed by atoms with van der Waals surface area (Å²) < 4.78 is 13.4. The Labute approximate surface area is 92.7 Å². The molecule has 0 unspecified atom stereocenters. The Balaban J connectivity index is 0.00000144. The highest BCUT2D eigenvalue weighted by atomic mass is 19.1. The Kier molecular flexibility index (Phi) is 2.47. The van der Waals surface area contributed by atoms with Gasteiger partial charge in [-0.1, -0.05) is 12.1 Å². The number of carbonyl (C=O) groups is 2. The molecule has 5 nitrogen and oxygen atoms in total. The maximum atomic E-state index is 13.4. The summed E-state index contributed by atoms with van der Waals surface area (Å²) in [5, 5.41) is 0. The van der Waals surface area contributed by atoms with Crippen molar-refractivity contribution in [2.45, 2.75) is 0 Å². The SMILES string of the molecule is NC(=O)N1CCN(c2ccccc2F)C1=O.[HH]. The zero-order valence-corrected chi connectivity index (χ0v) is 8.39. The van der Waals surface area contributed by atoms with Gasteiger partial charge in [0.05, 0.1) is 12.2 Å². The molecule has 0 saturated carbocycles. The van der Waals surface area contributed by atoms with E-state index in [1.54, 1.807) is 6.07 Å². The Bertz CT molecular complexity index is 455. The van der Waals surface area contributed by atoms with Crippen molar-refractivity contribution in [2.24, 2.45) is 5.73 Å². The van der Waals surface area contributed by atoms with E-state index in [2.05, 4.69) is 0 Å². The van der Waals surface area contributed by atoms with Gasteiger partial charge < -0.3 is 5.73 Å². The number of hydrogen-bond donors (Lipinski definition) is 1. The number of amides is 4. The number of halogens is 1. The van der Waals surface area contributed by atoms with Crippen molar-refractivity contribution >= 4 is 17.7 Å². The highest BCUT2D eigenvalue weighted by molar-refractivity contribution is 6.03. The summed E-state index contributed by atoms with van der Waals surface area (Å²) in [5.41, 5.74) is 5.18. The Hall–Kier alpha value is -2.11. The van der Waals surface area contributed by atoms with Crippen molar-refractivity contribution in [3.63, 3.8) is 0 Å². The van der Waals surface area contributed by atoms with Gasteiger partial charge in [-0.25, -0.2) is 18.9 Å². The summed E-state index contributed by atoms with van der Waals surface area (Å²) in [6.07, 6.45) is 0. The molecule has 0 radical (unpaired) electrons. The van der Waals surface area contributed by atoms with E-state index in [1.165, 1.54) is 23.1 Å². The van der Waals surface area contributed by atoms with E-state index in [1.807, 2.05) is 0 Å². The summed E-state index contributed by atoms with van der Waals surface area (Å²) in [6.45, 7) is 0.436. The Morgan fingerprint density at radius 2 is 2.06 bits per heavy atom. The van der Waals surface area contributed by atoms with Gasteiger partial charge in [-0.15, -0.1) is 0 Å². The van der Waals surface area contributed by atoms with Crippen molar-refractivity contribution in [2.75, 3.05) is 18.0 Å².